The fourth-order valence-electron chi connectivity index (χ4n) is 2.12. The smallest absolute Gasteiger partial charge is 0.258 e. The number of carbonyl (C=O) groups is 1. The Balaban J connectivity index is 1.52. The molecule has 0 aliphatic heterocycles. The molecule has 1 heterocycles. The van der Waals surface area contributed by atoms with Crippen molar-refractivity contribution in [2.75, 3.05) is 6.61 Å². The molecule has 0 unspecified atom stereocenters. The minimum absolute atomic E-state index is 0.119. The SMILES string of the molecule is O=C(COc1ccc(Cl)c(Cl)c1)NCc1n[nH]c(=S)n1C1CC1. The van der Waals surface area contributed by atoms with E-state index in [1.165, 1.54) is 0 Å². The van der Waals surface area contributed by atoms with Gasteiger partial charge in [0, 0.05) is 12.1 Å². The Labute approximate surface area is 147 Å². The van der Waals surface area contributed by atoms with E-state index in [9.17, 15) is 4.79 Å². The van der Waals surface area contributed by atoms with E-state index in [0.717, 1.165) is 18.7 Å². The topological polar surface area (TPSA) is 71.9 Å². The Bertz CT molecular complexity index is 785. The van der Waals surface area contributed by atoms with Crippen molar-refractivity contribution in [2.24, 2.45) is 0 Å². The molecule has 1 amide bonds. The first-order valence-electron chi connectivity index (χ1n) is 7.05. The number of amides is 1. The fourth-order valence-corrected chi connectivity index (χ4v) is 2.70. The average molecular weight is 373 g/mol. The van der Waals surface area contributed by atoms with E-state index < -0.39 is 0 Å². The first-order chi connectivity index (χ1) is 11.0. The van der Waals surface area contributed by atoms with Gasteiger partial charge in [-0.3, -0.25) is 14.5 Å². The lowest BCUT2D eigenvalue weighted by atomic mass is 10.3. The molecule has 1 aliphatic rings. The molecule has 23 heavy (non-hydrogen) atoms. The van der Waals surface area contributed by atoms with Gasteiger partial charge in [-0.25, -0.2) is 0 Å². The molecule has 0 saturated heterocycles. The number of aromatic nitrogens is 3. The van der Waals surface area contributed by atoms with Crippen molar-refractivity contribution in [1.29, 1.82) is 0 Å². The van der Waals surface area contributed by atoms with Gasteiger partial charge in [-0.2, -0.15) is 5.10 Å². The van der Waals surface area contributed by atoms with Crippen LogP contribution in [0.5, 0.6) is 5.75 Å². The second-order valence-electron chi connectivity index (χ2n) is 5.19. The highest BCUT2D eigenvalue weighted by molar-refractivity contribution is 7.71. The highest BCUT2D eigenvalue weighted by atomic mass is 35.5. The molecule has 9 heteroatoms. The maximum Gasteiger partial charge on any atom is 0.258 e. The summed E-state index contributed by atoms with van der Waals surface area (Å²) in [5.41, 5.74) is 0. The summed E-state index contributed by atoms with van der Waals surface area (Å²) in [5.74, 6) is 0.947. The average Bonchev–Trinajstić information content (AvgIpc) is 3.29. The maximum atomic E-state index is 11.9. The molecule has 122 valence electrons. The minimum Gasteiger partial charge on any atom is -0.484 e. The Morgan fingerprint density at radius 3 is 2.91 bits per heavy atom. The van der Waals surface area contributed by atoms with Crippen molar-refractivity contribution >= 4 is 41.3 Å². The quantitative estimate of drug-likeness (QED) is 0.763. The first-order valence-corrected chi connectivity index (χ1v) is 8.21. The van der Waals surface area contributed by atoms with Gasteiger partial charge in [-0.15, -0.1) is 0 Å². The number of carbonyl (C=O) groups excluding carboxylic acids is 1. The largest absolute Gasteiger partial charge is 0.484 e. The summed E-state index contributed by atoms with van der Waals surface area (Å²) in [7, 11) is 0. The van der Waals surface area contributed by atoms with E-state index in [0.29, 0.717) is 33.2 Å². The Kier molecular flexibility index (Phi) is 4.89. The van der Waals surface area contributed by atoms with Gasteiger partial charge in [0.25, 0.3) is 5.91 Å². The zero-order chi connectivity index (χ0) is 16.4. The van der Waals surface area contributed by atoms with Crippen LogP contribution < -0.4 is 10.1 Å². The van der Waals surface area contributed by atoms with Crippen LogP contribution in [0.15, 0.2) is 18.2 Å². The fraction of sp³-hybridized carbons (Fsp3) is 0.357. The van der Waals surface area contributed by atoms with Crippen LogP contribution in [-0.2, 0) is 11.3 Å². The third-order valence-electron chi connectivity index (χ3n) is 3.39. The molecule has 3 rings (SSSR count). The Morgan fingerprint density at radius 2 is 2.22 bits per heavy atom. The summed E-state index contributed by atoms with van der Waals surface area (Å²) in [6.45, 7) is 0.180. The number of rotatable bonds is 6. The van der Waals surface area contributed by atoms with Gasteiger partial charge < -0.3 is 10.1 Å². The van der Waals surface area contributed by atoms with Gasteiger partial charge in [0.05, 0.1) is 16.6 Å². The number of halogens is 2. The van der Waals surface area contributed by atoms with Gasteiger partial charge in [-0.05, 0) is 37.2 Å². The molecule has 0 bridgehead atoms. The third-order valence-corrected chi connectivity index (χ3v) is 4.42. The number of benzene rings is 1. The highest BCUT2D eigenvalue weighted by Crippen LogP contribution is 2.35. The molecule has 0 spiro atoms. The molecule has 2 aromatic rings. The number of aromatic amines is 1. The molecule has 0 atom stereocenters. The van der Waals surface area contributed by atoms with Crippen LogP contribution in [0.3, 0.4) is 0 Å². The standard InChI is InChI=1S/C14H14Cl2N4O2S/c15-10-4-3-9(5-11(10)16)22-7-13(21)17-6-12-18-19-14(23)20(12)8-1-2-8/h3-5,8H,1-2,6-7H2,(H,17,21)(H,19,23). The Morgan fingerprint density at radius 1 is 1.43 bits per heavy atom. The van der Waals surface area contributed by atoms with Crippen LogP contribution in [0, 0.1) is 4.77 Å². The lowest BCUT2D eigenvalue weighted by Crippen LogP contribution is -2.29. The number of nitrogens with zero attached hydrogens (tertiary/aromatic N) is 2. The van der Waals surface area contributed by atoms with E-state index >= 15 is 0 Å². The molecule has 1 aromatic carbocycles. The lowest BCUT2D eigenvalue weighted by Gasteiger charge is -2.09. The number of H-pyrrole nitrogens is 1. The molecule has 1 aromatic heterocycles. The van der Waals surface area contributed by atoms with Crippen molar-refractivity contribution in [1.82, 2.24) is 20.1 Å². The van der Waals surface area contributed by atoms with Crippen LogP contribution in [0.2, 0.25) is 10.0 Å². The summed E-state index contributed by atoms with van der Waals surface area (Å²) in [6, 6.07) is 5.24. The second-order valence-corrected chi connectivity index (χ2v) is 6.39. The summed E-state index contributed by atoms with van der Waals surface area (Å²) >= 11 is 16.9. The van der Waals surface area contributed by atoms with E-state index in [2.05, 4.69) is 15.5 Å². The van der Waals surface area contributed by atoms with Gasteiger partial charge in [0.1, 0.15) is 5.75 Å². The molecule has 2 N–H and O–H groups in total. The number of nitrogens with one attached hydrogen (secondary N) is 2. The molecule has 1 saturated carbocycles. The molecular formula is C14H14Cl2N4O2S. The van der Waals surface area contributed by atoms with Crippen LogP contribution >= 0.6 is 35.4 Å². The normalized spacial score (nSPS) is 13.8. The minimum atomic E-state index is -0.257. The van der Waals surface area contributed by atoms with Crippen molar-refractivity contribution in [3.63, 3.8) is 0 Å². The highest BCUT2D eigenvalue weighted by Gasteiger charge is 2.27. The van der Waals surface area contributed by atoms with Crippen molar-refractivity contribution in [3.8, 4) is 5.75 Å². The van der Waals surface area contributed by atoms with Crippen molar-refractivity contribution < 1.29 is 9.53 Å². The molecular weight excluding hydrogens is 359 g/mol. The third kappa shape index (κ3) is 4.04. The van der Waals surface area contributed by atoms with Crippen molar-refractivity contribution in [3.05, 3.63) is 38.8 Å². The van der Waals surface area contributed by atoms with Crippen LogP contribution in [-0.4, -0.2) is 27.3 Å². The molecule has 1 aliphatic carbocycles. The molecule has 1 fully saturated rings. The monoisotopic (exact) mass is 372 g/mol. The predicted molar refractivity (Wildman–Crippen MR) is 89.5 cm³/mol. The summed E-state index contributed by atoms with van der Waals surface area (Å²) in [6.07, 6.45) is 2.18. The summed E-state index contributed by atoms with van der Waals surface area (Å²) < 4.78 is 7.92. The second kappa shape index (κ2) is 6.90. The van der Waals surface area contributed by atoms with Crippen LogP contribution in [0.1, 0.15) is 24.7 Å². The summed E-state index contributed by atoms with van der Waals surface area (Å²) in [4.78, 5) is 11.9. The Hall–Kier alpha value is -1.57. The van der Waals surface area contributed by atoms with Crippen LogP contribution in [0.4, 0.5) is 0 Å². The van der Waals surface area contributed by atoms with E-state index in [-0.39, 0.29) is 12.5 Å². The van der Waals surface area contributed by atoms with Crippen molar-refractivity contribution in [2.45, 2.75) is 25.4 Å². The van der Waals surface area contributed by atoms with E-state index in [1.807, 2.05) is 4.57 Å². The van der Waals surface area contributed by atoms with Gasteiger partial charge in [0.2, 0.25) is 0 Å². The summed E-state index contributed by atoms with van der Waals surface area (Å²) in [5, 5.41) is 10.5. The molecule has 6 nitrogen and oxygen atoms in total. The van der Waals surface area contributed by atoms with Gasteiger partial charge >= 0.3 is 0 Å². The first kappa shape index (κ1) is 16.3. The van der Waals surface area contributed by atoms with E-state index in [1.54, 1.807) is 18.2 Å². The van der Waals surface area contributed by atoms with E-state index in [4.69, 9.17) is 40.2 Å². The lowest BCUT2D eigenvalue weighted by molar-refractivity contribution is -0.123. The maximum absolute atomic E-state index is 11.9. The van der Waals surface area contributed by atoms with Gasteiger partial charge in [-0.1, -0.05) is 23.2 Å². The van der Waals surface area contributed by atoms with Crippen LogP contribution in [0.25, 0.3) is 0 Å². The zero-order valence-electron chi connectivity index (χ0n) is 12.0. The zero-order valence-corrected chi connectivity index (χ0v) is 14.3. The predicted octanol–water partition coefficient (Wildman–Crippen LogP) is 3.28. The van der Waals surface area contributed by atoms with Gasteiger partial charge in [0.15, 0.2) is 17.2 Å². The number of hydrogen-bond donors (Lipinski definition) is 2. The molecule has 0 radical (unpaired) electrons. The number of ether oxygens (including phenoxy) is 1. The number of hydrogen-bond acceptors (Lipinski definition) is 4.